The molecule has 0 saturated carbocycles. The van der Waals surface area contributed by atoms with Crippen molar-refractivity contribution >= 4 is 17.6 Å². The molecular weight excluding hydrogens is 368 g/mol. The van der Waals surface area contributed by atoms with Crippen LogP contribution in [0.25, 0.3) is 0 Å². The van der Waals surface area contributed by atoms with Gasteiger partial charge in [-0.1, -0.05) is 17.7 Å². The van der Waals surface area contributed by atoms with E-state index in [1.54, 1.807) is 60.7 Å². The van der Waals surface area contributed by atoms with Gasteiger partial charge in [0, 0.05) is 11.3 Å². The van der Waals surface area contributed by atoms with Crippen LogP contribution in [0.4, 0.5) is 5.69 Å². The van der Waals surface area contributed by atoms with Crippen molar-refractivity contribution in [1.29, 1.82) is 5.26 Å². The molecule has 0 heterocycles. The van der Waals surface area contributed by atoms with E-state index in [9.17, 15) is 9.59 Å². The third-order valence-corrected chi connectivity index (χ3v) is 3.96. The van der Waals surface area contributed by atoms with Crippen LogP contribution in [0.1, 0.15) is 21.5 Å². The number of benzene rings is 3. The van der Waals surface area contributed by atoms with Crippen molar-refractivity contribution in [3.8, 4) is 17.6 Å². The Morgan fingerprint density at radius 3 is 2.31 bits per heavy atom. The van der Waals surface area contributed by atoms with Crippen LogP contribution in [0, 0.1) is 18.3 Å². The molecule has 144 valence electrons. The van der Waals surface area contributed by atoms with Crippen molar-refractivity contribution in [2.75, 3.05) is 11.9 Å². The molecule has 0 unspecified atom stereocenters. The van der Waals surface area contributed by atoms with E-state index >= 15 is 0 Å². The fraction of sp³-hybridized carbons (Fsp3) is 0.0870. The van der Waals surface area contributed by atoms with E-state index in [1.807, 2.05) is 25.1 Å². The standard InChI is InChI=1S/C23H18N2O4/c1-16-3-2-4-18(13-16)23(27)25-19-7-11-21(12-8-19)29-22(26)15-28-20-9-5-17(14-24)6-10-20/h2-13H,15H2,1H3,(H,25,27). The molecule has 6 nitrogen and oxygen atoms in total. The highest BCUT2D eigenvalue weighted by atomic mass is 16.6. The molecule has 0 radical (unpaired) electrons. The van der Waals surface area contributed by atoms with Crippen molar-refractivity contribution < 1.29 is 19.1 Å². The predicted octanol–water partition coefficient (Wildman–Crippen LogP) is 4.10. The van der Waals surface area contributed by atoms with Crippen LogP contribution in [0.15, 0.2) is 72.8 Å². The summed E-state index contributed by atoms with van der Waals surface area (Å²) in [6, 6.07) is 22.2. The Morgan fingerprint density at radius 2 is 1.66 bits per heavy atom. The predicted molar refractivity (Wildman–Crippen MR) is 108 cm³/mol. The molecule has 0 aliphatic carbocycles. The maximum Gasteiger partial charge on any atom is 0.349 e. The smallest absolute Gasteiger partial charge is 0.349 e. The van der Waals surface area contributed by atoms with Gasteiger partial charge < -0.3 is 14.8 Å². The highest BCUT2D eigenvalue weighted by Gasteiger charge is 2.09. The number of aryl methyl sites for hydroxylation is 1. The molecule has 29 heavy (non-hydrogen) atoms. The van der Waals surface area contributed by atoms with Crippen LogP contribution in [0.3, 0.4) is 0 Å². The largest absolute Gasteiger partial charge is 0.482 e. The number of nitrogens with one attached hydrogen (secondary N) is 1. The second kappa shape index (κ2) is 9.20. The minimum Gasteiger partial charge on any atom is -0.482 e. The number of nitriles is 1. The van der Waals surface area contributed by atoms with E-state index in [0.717, 1.165) is 5.56 Å². The van der Waals surface area contributed by atoms with Crippen molar-refractivity contribution in [2.24, 2.45) is 0 Å². The number of amides is 1. The molecule has 1 N–H and O–H groups in total. The van der Waals surface area contributed by atoms with Crippen LogP contribution in [0.5, 0.6) is 11.5 Å². The summed E-state index contributed by atoms with van der Waals surface area (Å²) in [4.78, 5) is 24.2. The molecule has 0 aromatic heterocycles. The number of hydrogen-bond acceptors (Lipinski definition) is 5. The zero-order valence-electron chi connectivity index (χ0n) is 15.7. The lowest BCUT2D eigenvalue weighted by molar-refractivity contribution is -0.136. The number of carbonyl (C=O) groups excluding carboxylic acids is 2. The van der Waals surface area contributed by atoms with Gasteiger partial charge in [0.1, 0.15) is 11.5 Å². The Labute approximate surface area is 168 Å². The number of carbonyl (C=O) groups is 2. The molecule has 6 heteroatoms. The first-order chi connectivity index (χ1) is 14.0. The summed E-state index contributed by atoms with van der Waals surface area (Å²) in [6.07, 6.45) is 0. The number of anilines is 1. The van der Waals surface area contributed by atoms with Crippen LogP contribution < -0.4 is 14.8 Å². The molecule has 0 atom stereocenters. The van der Waals surface area contributed by atoms with E-state index < -0.39 is 5.97 Å². The summed E-state index contributed by atoms with van der Waals surface area (Å²) in [5, 5.41) is 11.6. The highest BCUT2D eigenvalue weighted by Crippen LogP contribution is 2.17. The molecule has 0 aliphatic heterocycles. The van der Waals surface area contributed by atoms with Crippen LogP contribution in [0.2, 0.25) is 0 Å². The number of ether oxygens (including phenoxy) is 2. The monoisotopic (exact) mass is 386 g/mol. The van der Waals surface area contributed by atoms with Crippen molar-refractivity contribution in [2.45, 2.75) is 6.92 Å². The number of rotatable bonds is 6. The normalized spacial score (nSPS) is 9.93. The van der Waals surface area contributed by atoms with Gasteiger partial charge in [-0.3, -0.25) is 4.79 Å². The maximum atomic E-state index is 12.3. The van der Waals surface area contributed by atoms with Gasteiger partial charge in [0.2, 0.25) is 0 Å². The summed E-state index contributed by atoms with van der Waals surface area (Å²) in [5.74, 6) is 0.0299. The molecule has 3 aromatic rings. The van der Waals surface area contributed by atoms with Gasteiger partial charge in [-0.25, -0.2) is 4.79 Å². The van der Waals surface area contributed by atoms with Crippen LogP contribution in [-0.4, -0.2) is 18.5 Å². The fourth-order valence-corrected chi connectivity index (χ4v) is 2.52. The van der Waals surface area contributed by atoms with Gasteiger partial charge in [-0.2, -0.15) is 5.26 Å². The van der Waals surface area contributed by atoms with E-state index in [4.69, 9.17) is 14.7 Å². The average Bonchev–Trinajstić information content (AvgIpc) is 2.74. The quantitative estimate of drug-likeness (QED) is 0.509. The Bertz CT molecular complexity index is 1050. The molecule has 0 spiro atoms. The Hall–Kier alpha value is -4.11. The molecule has 1 amide bonds. The molecule has 0 fully saturated rings. The Kier molecular flexibility index (Phi) is 6.23. The first-order valence-corrected chi connectivity index (χ1v) is 8.85. The van der Waals surface area contributed by atoms with Gasteiger partial charge in [0.05, 0.1) is 11.6 Å². The maximum absolute atomic E-state index is 12.3. The van der Waals surface area contributed by atoms with Gasteiger partial charge in [-0.05, 0) is 67.6 Å². The number of esters is 1. The first-order valence-electron chi connectivity index (χ1n) is 8.85. The van der Waals surface area contributed by atoms with Crippen LogP contribution in [-0.2, 0) is 4.79 Å². The topological polar surface area (TPSA) is 88.4 Å². The SMILES string of the molecule is Cc1cccc(C(=O)Nc2ccc(OC(=O)COc3ccc(C#N)cc3)cc2)c1. The summed E-state index contributed by atoms with van der Waals surface area (Å²) < 4.78 is 10.5. The zero-order chi connectivity index (χ0) is 20.6. The first kappa shape index (κ1) is 19.6. The van der Waals surface area contributed by atoms with E-state index in [-0.39, 0.29) is 12.5 Å². The third kappa shape index (κ3) is 5.68. The second-order valence-electron chi connectivity index (χ2n) is 6.25. The Balaban J connectivity index is 1.51. The summed E-state index contributed by atoms with van der Waals surface area (Å²) >= 11 is 0. The molecule has 3 rings (SSSR count). The van der Waals surface area contributed by atoms with E-state index in [0.29, 0.717) is 28.3 Å². The third-order valence-electron chi connectivity index (χ3n) is 3.96. The van der Waals surface area contributed by atoms with Crippen molar-refractivity contribution in [3.63, 3.8) is 0 Å². The van der Waals surface area contributed by atoms with Gasteiger partial charge >= 0.3 is 5.97 Å². The molecule has 0 bridgehead atoms. The minimum atomic E-state index is -0.564. The van der Waals surface area contributed by atoms with E-state index in [1.165, 1.54) is 0 Å². The lowest BCUT2D eigenvalue weighted by Crippen LogP contribution is -2.17. The van der Waals surface area contributed by atoms with Gasteiger partial charge in [0.25, 0.3) is 5.91 Å². The summed E-state index contributed by atoms with van der Waals surface area (Å²) in [7, 11) is 0. The molecule has 0 aliphatic rings. The molecule has 3 aromatic carbocycles. The van der Waals surface area contributed by atoms with Crippen LogP contribution >= 0.6 is 0 Å². The summed E-state index contributed by atoms with van der Waals surface area (Å²) in [6.45, 7) is 1.66. The lowest BCUT2D eigenvalue weighted by atomic mass is 10.1. The highest BCUT2D eigenvalue weighted by molar-refractivity contribution is 6.04. The van der Waals surface area contributed by atoms with Crippen molar-refractivity contribution in [3.05, 3.63) is 89.5 Å². The van der Waals surface area contributed by atoms with E-state index in [2.05, 4.69) is 5.32 Å². The second-order valence-corrected chi connectivity index (χ2v) is 6.25. The van der Waals surface area contributed by atoms with Gasteiger partial charge in [-0.15, -0.1) is 0 Å². The molecule has 0 saturated heterocycles. The zero-order valence-corrected chi connectivity index (χ0v) is 15.7. The average molecular weight is 386 g/mol. The summed E-state index contributed by atoms with van der Waals surface area (Å²) in [5.41, 5.74) is 2.67. The van der Waals surface area contributed by atoms with Gasteiger partial charge in [0.15, 0.2) is 6.61 Å². The number of hydrogen-bond donors (Lipinski definition) is 1. The minimum absolute atomic E-state index is 0.214. The fourth-order valence-electron chi connectivity index (χ4n) is 2.52. The van der Waals surface area contributed by atoms with Crippen molar-refractivity contribution in [1.82, 2.24) is 0 Å². The number of nitrogens with zero attached hydrogens (tertiary/aromatic N) is 1. The Morgan fingerprint density at radius 1 is 0.966 bits per heavy atom. The lowest BCUT2D eigenvalue weighted by Gasteiger charge is -2.09. The molecular formula is C23H18N2O4.